The maximum atomic E-state index is 12.5. The number of methoxy groups -OCH3 is 1. The highest BCUT2D eigenvalue weighted by Crippen LogP contribution is 2.35. The Labute approximate surface area is 110 Å². The Bertz CT molecular complexity index is 458. The van der Waals surface area contributed by atoms with Crippen LogP contribution in [-0.2, 0) is 16.1 Å². The summed E-state index contributed by atoms with van der Waals surface area (Å²) in [7, 11) is 1.17. The van der Waals surface area contributed by atoms with E-state index in [0.717, 1.165) is 6.20 Å². The predicted molar refractivity (Wildman–Crippen MR) is 56.2 cm³/mol. The molecule has 0 spiro atoms. The normalized spacial score (nSPS) is 12.3. The number of aromatic nitrogens is 1. The summed E-state index contributed by atoms with van der Waals surface area (Å²) in [6.45, 7) is -2.33. The second kappa shape index (κ2) is 6.12. The van der Waals surface area contributed by atoms with Crippen molar-refractivity contribution >= 4 is 5.97 Å². The van der Waals surface area contributed by atoms with Gasteiger partial charge in [0, 0.05) is 6.20 Å². The van der Waals surface area contributed by atoms with Gasteiger partial charge in [-0.2, -0.15) is 22.0 Å². The summed E-state index contributed by atoms with van der Waals surface area (Å²) >= 11 is 0. The molecule has 9 heteroatoms. The zero-order valence-electron chi connectivity index (χ0n) is 10.2. The highest BCUT2D eigenvalue weighted by atomic mass is 19.4. The first-order valence-electron chi connectivity index (χ1n) is 5.23. The summed E-state index contributed by atoms with van der Waals surface area (Å²) in [6, 6.07) is 2.55. The highest BCUT2D eigenvalue weighted by Gasteiger charge is 2.57. The largest absolute Gasteiger partial charge is 0.465 e. The SMILES string of the molecule is COC(=O)c1ccc(COCC(F)(F)C(F)(F)F)nc1. The number of carbonyl (C=O) groups is 1. The van der Waals surface area contributed by atoms with Crippen molar-refractivity contribution in [1.82, 2.24) is 4.98 Å². The van der Waals surface area contributed by atoms with Gasteiger partial charge in [-0.05, 0) is 12.1 Å². The first-order chi connectivity index (χ1) is 9.17. The molecule has 0 N–H and O–H groups in total. The third-order valence-corrected chi connectivity index (χ3v) is 2.19. The first kappa shape index (κ1) is 16.3. The molecular formula is C11H10F5NO3. The molecule has 0 fully saturated rings. The Morgan fingerprint density at radius 3 is 2.35 bits per heavy atom. The molecule has 0 unspecified atom stereocenters. The second-order valence-electron chi connectivity index (χ2n) is 3.72. The van der Waals surface area contributed by atoms with Gasteiger partial charge in [-0.25, -0.2) is 4.79 Å². The third-order valence-electron chi connectivity index (χ3n) is 2.19. The van der Waals surface area contributed by atoms with Crippen LogP contribution in [-0.4, -0.2) is 36.8 Å². The lowest BCUT2D eigenvalue weighted by atomic mass is 10.2. The number of hydrogen-bond donors (Lipinski definition) is 0. The molecule has 1 aromatic heterocycles. The Balaban J connectivity index is 2.53. The van der Waals surface area contributed by atoms with Gasteiger partial charge < -0.3 is 9.47 Å². The van der Waals surface area contributed by atoms with E-state index in [0.29, 0.717) is 0 Å². The first-order valence-corrected chi connectivity index (χ1v) is 5.23. The molecule has 0 amide bonds. The van der Waals surface area contributed by atoms with E-state index in [-0.39, 0.29) is 11.3 Å². The molecular weight excluding hydrogens is 289 g/mol. The molecule has 0 aliphatic carbocycles. The zero-order chi connectivity index (χ0) is 15.4. The quantitative estimate of drug-likeness (QED) is 0.619. The van der Waals surface area contributed by atoms with Gasteiger partial charge in [0.25, 0.3) is 0 Å². The van der Waals surface area contributed by atoms with Gasteiger partial charge in [-0.1, -0.05) is 0 Å². The number of carbonyl (C=O) groups excluding carboxylic acids is 1. The van der Waals surface area contributed by atoms with Crippen LogP contribution in [0.3, 0.4) is 0 Å². The van der Waals surface area contributed by atoms with Crippen molar-refractivity contribution in [3.05, 3.63) is 29.6 Å². The minimum absolute atomic E-state index is 0.107. The minimum atomic E-state index is -5.66. The predicted octanol–water partition coefficient (Wildman–Crippen LogP) is 2.58. The fourth-order valence-corrected chi connectivity index (χ4v) is 1.11. The molecule has 1 heterocycles. The Kier molecular flexibility index (Phi) is 4.98. The molecule has 1 rings (SSSR count). The molecule has 0 saturated heterocycles. The van der Waals surface area contributed by atoms with Gasteiger partial charge in [0.05, 0.1) is 25.0 Å². The molecule has 0 aliphatic rings. The number of pyridine rings is 1. The van der Waals surface area contributed by atoms with E-state index in [2.05, 4.69) is 14.5 Å². The fourth-order valence-electron chi connectivity index (χ4n) is 1.11. The van der Waals surface area contributed by atoms with Crippen molar-refractivity contribution in [3.63, 3.8) is 0 Å². The maximum Gasteiger partial charge on any atom is 0.455 e. The second-order valence-corrected chi connectivity index (χ2v) is 3.72. The molecule has 0 aromatic carbocycles. The fraction of sp³-hybridized carbons (Fsp3) is 0.455. The van der Waals surface area contributed by atoms with Crippen LogP contribution in [0.15, 0.2) is 18.3 Å². The number of esters is 1. The van der Waals surface area contributed by atoms with Crippen molar-refractivity contribution in [2.24, 2.45) is 0 Å². The monoisotopic (exact) mass is 299 g/mol. The Morgan fingerprint density at radius 1 is 1.25 bits per heavy atom. The highest BCUT2D eigenvalue weighted by molar-refractivity contribution is 5.88. The van der Waals surface area contributed by atoms with E-state index in [9.17, 15) is 26.7 Å². The lowest BCUT2D eigenvalue weighted by Gasteiger charge is -2.19. The van der Waals surface area contributed by atoms with Crippen LogP contribution in [0.1, 0.15) is 16.1 Å². The van der Waals surface area contributed by atoms with E-state index in [1.807, 2.05) is 0 Å². The molecule has 0 atom stereocenters. The van der Waals surface area contributed by atoms with Crippen molar-refractivity contribution in [1.29, 1.82) is 0 Å². The van der Waals surface area contributed by atoms with Crippen LogP contribution in [0.2, 0.25) is 0 Å². The van der Waals surface area contributed by atoms with Gasteiger partial charge in [-0.3, -0.25) is 4.98 Å². The summed E-state index contributed by atoms with van der Waals surface area (Å²) in [5.41, 5.74) is 0.229. The molecule has 0 saturated carbocycles. The molecule has 20 heavy (non-hydrogen) atoms. The third kappa shape index (κ3) is 4.12. The zero-order valence-corrected chi connectivity index (χ0v) is 10.2. The summed E-state index contributed by atoms with van der Waals surface area (Å²) in [5.74, 6) is -5.56. The number of nitrogens with zero attached hydrogens (tertiary/aromatic N) is 1. The number of ether oxygens (including phenoxy) is 2. The van der Waals surface area contributed by atoms with Crippen LogP contribution < -0.4 is 0 Å². The summed E-state index contributed by atoms with van der Waals surface area (Å²) < 4.78 is 69.3. The molecule has 4 nitrogen and oxygen atoms in total. The van der Waals surface area contributed by atoms with Gasteiger partial charge >= 0.3 is 18.1 Å². The Morgan fingerprint density at radius 2 is 1.90 bits per heavy atom. The summed E-state index contributed by atoms with van der Waals surface area (Å²) in [4.78, 5) is 14.7. The molecule has 0 aliphatic heterocycles. The lowest BCUT2D eigenvalue weighted by molar-refractivity contribution is -0.297. The van der Waals surface area contributed by atoms with Crippen molar-refractivity contribution in [3.8, 4) is 0 Å². The summed E-state index contributed by atoms with van der Waals surface area (Å²) in [5, 5.41) is 0. The van der Waals surface area contributed by atoms with Gasteiger partial charge in [-0.15, -0.1) is 0 Å². The van der Waals surface area contributed by atoms with Crippen LogP contribution in [0.25, 0.3) is 0 Å². The maximum absolute atomic E-state index is 12.5. The van der Waals surface area contributed by atoms with Crippen molar-refractivity contribution in [2.45, 2.75) is 18.7 Å². The molecule has 0 bridgehead atoms. The standard InChI is InChI=1S/C11H10F5NO3/c1-19-9(18)7-2-3-8(17-4-7)5-20-6-10(12,13)11(14,15)16/h2-4H,5-6H2,1H3. The average Bonchev–Trinajstić information content (AvgIpc) is 2.37. The van der Waals surface area contributed by atoms with E-state index in [1.165, 1.54) is 19.2 Å². The van der Waals surface area contributed by atoms with E-state index < -0.39 is 31.3 Å². The molecule has 112 valence electrons. The van der Waals surface area contributed by atoms with Crippen molar-refractivity contribution < 1.29 is 36.2 Å². The number of hydrogen-bond acceptors (Lipinski definition) is 4. The van der Waals surface area contributed by atoms with Crippen LogP contribution in [0.4, 0.5) is 22.0 Å². The topological polar surface area (TPSA) is 48.4 Å². The van der Waals surface area contributed by atoms with E-state index >= 15 is 0 Å². The minimum Gasteiger partial charge on any atom is -0.465 e. The van der Waals surface area contributed by atoms with Gasteiger partial charge in [0.2, 0.25) is 0 Å². The summed E-state index contributed by atoms with van der Waals surface area (Å²) in [6.07, 6.45) is -4.55. The van der Waals surface area contributed by atoms with Crippen LogP contribution in [0.5, 0.6) is 0 Å². The van der Waals surface area contributed by atoms with Crippen LogP contribution in [0, 0.1) is 0 Å². The van der Waals surface area contributed by atoms with Crippen molar-refractivity contribution in [2.75, 3.05) is 13.7 Å². The van der Waals surface area contributed by atoms with Gasteiger partial charge in [0.1, 0.15) is 6.61 Å². The molecule has 0 radical (unpaired) electrons. The van der Waals surface area contributed by atoms with Crippen LogP contribution >= 0.6 is 0 Å². The van der Waals surface area contributed by atoms with E-state index in [1.54, 1.807) is 0 Å². The average molecular weight is 299 g/mol. The van der Waals surface area contributed by atoms with Gasteiger partial charge in [0.15, 0.2) is 0 Å². The number of alkyl halides is 5. The Hall–Kier alpha value is -1.77. The smallest absolute Gasteiger partial charge is 0.455 e. The lowest BCUT2D eigenvalue weighted by Crippen LogP contribution is -2.40. The number of halogens is 5. The number of rotatable bonds is 5. The molecule has 1 aromatic rings. The van der Waals surface area contributed by atoms with E-state index in [4.69, 9.17) is 0 Å².